The number of benzene rings is 1. The number of anilines is 1. The minimum atomic E-state index is -0.976. The Kier molecular flexibility index (Phi) is 4.98. The highest BCUT2D eigenvalue weighted by Crippen LogP contribution is 2.27. The van der Waals surface area contributed by atoms with E-state index in [0.717, 1.165) is 0 Å². The van der Waals surface area contributed by atoms with Gasteiger partial charge in [-0.05, 0) is 30.7 Å². The normalized spacial score (nSPS) is 17.4. The molecule has 1 atom stereocenters. The smallest absolute Gasteiger partial charge is 0.305 e. The lowest BCUT2D eigenvalue weighted by molar-refractivity contribution is -0.139. The number of carboxylic acid groups (broad SMARTS) is 1. The van der Waals surface area contributed by atoms with E-state index in [2.05, 4.69) is 0 Å². The van der Waals surface area contributed by atoms with Gasteiger partial charge in [-0.25, -0.2) is 4.39 Å². The lowest BCUT2D eigenvalue weighted by atomic mass is 10.1. The molecule has 1 heterocycles. The van der Waals surface area contributed by atoms with Gasteiger partial charge < -0.3 is 14.9 Å². The van der Waals surface area contributed by atoms with Crippen molar-refractivity contribution in [1.29, 1.82) is 0 Å². The maximum atomic E-state index is 13.3. The Morgan fingerprint density at radius 2 is 2.13 bits per heavy atom. The average molecular weight is 322 g/mol. The van der Waals surface area contributed by atoms with Gasteiger partial charge in [-0.2, -0.15) is 0 Å². The quantitative estimate of drug-likeness (QED) is 0.889. The first kappa shape index (κ1) is 16.9. The molecule has 0 aromatic heterocycles. The molecule has 0 radical (unpaired) electrons. The van der Waals surface area contributed by atoms with Crippen molar-refractivity contribution in [1.82, 2.24) is 4.90 Å². The first-order chi connectivity index (χ1) is 10.8. The molecule has 1 aromatic rings. The summed E-state index contributed by atoms with van der Waals surface area (Å²) in [5.74, 6) is -2.27. The fourth-order valence-corrected chi connectivity index (χ4v) is 2.60. The second-order valence-corrected chi connectivity index (χ2v) is 5.74. The number of rotatable bonds is 5. The third-order valence-corrected chi connectivity index (χ3v) is 3.96. The number of amides is 2. The van der Waals surface area contributed by atoms with E-state index in [1.807, 2.05) is 0 Å². The molecule has 7 heteroatoms. The molecular formula is C16H19FN2O4. The number of aliphatic carboxylic acids is 1. The highest BCUT2D eigenvalue weighted by Gasteiger charge is 2.36. The monoisotopic (exact) mass is 322 g/mol. The van der Waals surface area contributed by atoms with Crippen molar-refractivity contribution in [2.45, 2.75) is 19.8 Å². The summed E-state index contributed by atoms with van der Waals surface area (Å²) in [5, 5.41) is 8.66. The standard InChI is InChI=1S/C16H19FN2O4/c1-10-7-12(3-4-13(10)17)19-9-11(8-14(19)20)16(23)18(2)6-5-15(21)22/h3-4,7,11H,5-6,8-9H2,1-2H3,(H,21,22). The van der Waals surface area contributed by atoms with Crippen LogP contribution in [0.4, 0.5) is 10.1 Å². The van der Waals surface area contributed by atoms with Gasteiger partial charge in [-0.1, -0.05) is 0 Å². The Balaban J connectivity index is 2.05. The van der Waals surface area contributed by atoms with Crippen LogP contribution in [0.1, 0.15) is 18.4 Å². The van der Waals surface area contributed by atoms with Crippen LogP contribution >= 0.6 is 0 Å². The van der Waals surface area contributed by atoms with Crippen LogP contribution < -0.4 is 4.90 Å². The average Bonchev–Trinajstić information content (AvgIpc) is 2.88. The van der Waals surface area contributed by atoms with Crippen LogP contribution in [-0.4, -0.2) is 47.9 Å². The van der Waals surface area contributed by atoms with E-state index in [9.17, 15) is 18.8 Å². The third kappa shape index (κ3) is 3.85. The molecule has 124 valence electrons. The summed E-state index contributed by atoms with van der Waals surface area (Å²) in [4.78, 5) is 37.8. The lowest BCUT2D eigenvalue weighted by Crippen LogP contribution is -2.36. The van der Waals surface area contributed by atoms with E-state index in [1.165, 1.54) is 29.0 Å². The van der Waals surface area contributed by atoms with Crippen molar-refractivity contribution in [3.8, 4) is 0 Å². The third-order valence-electron chi connectivity index (χ3n) is 3.96. The van der Waals surface area contributed by atoms with Crippen LogP contribution in [0.25, 0.3) is 0 Å². The molecule has 0 spiro atoms. The second kappa shape index (κ2) is 6.76. The summed E-state index contributed by atoms with van der Waals surface area (Å²) in [6.07, 6.45) is -0.0591. The van der Waals surface area contributed by atoms with Gasteiger partial charge in [0.2, 0.25) is 11.8 Å². The zero-order valence-corrected chi connectivity index (χ0v) is 13.1. The number of hydrogen-bond acceptors (Lipinski definition) is 3. The van der Waals surface area contributed by atoms with Crippen molar-refractivity contribution in [2.24, 2.45) is 5.92 Å². The minimum absolute atomic E-state index is 0.0761. The van der Waals surface area contributed by atoms with Crippen LogP contribution in [0.3, 0.4) is 0 Å². The van der Waals surface area contributed by atoms with Crippen molar-refractivity contribution in [3.63, 3.8) is 0 Å². The number of carbonyl (C=O) groups excluding carboxylic acids is 2. The van der Waals surface area contributed by atoms with Crippen LogP contribution in [0.5, 0.6) is 0 Å². The Hall–Kier alpha value is -2.44. The van der Waals surface area contributed by atoms with Gasteiger partial charge >= 0.3 is 5.97 Å². The molecule has 0 saturated carbocycles. The van der Waals surface area contributed by atoms with Gasteiger partial charge in [-0.3, -0.25) is 14.4 Å². The molecule has 2 amide bonds. The van der Waals surface area contributed by atoms with E-state index in [4.69, 9.17) is 5.11 Å². The predicted octanol–water partition coefficient (Wildman–Crippen LogP) is 1.42. The largest absolute Gasteiger partial charge is 0.481 e. The molecular weight excluding hydrogens is 303 g/mol. The first-order valence-corrected chi connectivity index (χ1v) is 7.33. The molecule has 1 aliphatic rings. The minimum Gasteiger partial charge on any atom is -0.481 e. The molecule has 0 aliphatic carbocycles. The number of hydrogen-bond donors (Lipinski definition) is 1. The van der Waals surface area contributed by atoms with Gasteiger partial charge in [0.05, 0.1) is 12.3 Å². The van der Waals surface area contributed by atoms with Crippen LogP contribution in [0.2, 0.25) is 0 Å². The van der Waals surface area contributed by atoms with Crippen molar-refractivity contribution >= 4 is 23.5 Å². The fraction of sp³-hybridized carbons (Fsp3) is 0.438. The van der Waals surface area contributed by atoms with Crippen molar-refractivity contribution < 1.29 is 23.9 Å². The zero-order chi connectivity index (χ0) is 17.1. The Morgan fingerprint density at radius 3 is 2.74 bits per heavy atom. The summed E-state index contributed by atoms with van der Waals surface area (Å²) in [6.45, 7) is 1.94. The van der Waals surface area contributed by atoms with Crippen LogP contribution in [0.15, 0.2) is 18.2 Å². The number of halogens is 1. The second-order valence-electron chi connectivity index (χ2n) is 5.74. The Bertz CT molecular complexity index is 647. The number of carboxylic acids is 1. The van der Waals surface area contributed by atoms with Crippen LogP contribution in [-0.2, 0) is 14.4 Å². The van der Waals surface area contributed by atoms with Crippen molar-refractivity contribution in [2.75, 3.05) is 25.0 Å². The molecule has 23 heavy (non-hydrogen) atoms. The van der Waals surface area contributed by atoms with E-state index < -0.39 is 11.9 Å². The Morgan fingerprint density at radius 1 is 1.43 bits per heavy atom. The van der Waals surface area contributed by atoms with Crippen molar-refractivity contribution in [3.05, 3.63) is 29.6 Å². The molecule has 1 fully saturated rings. The van der Waals surface area contributed by atoms with E-state index in [1.54, 1.807) is 13.0 Å². The maximum Gasteiger partial charge on any atom is 0.305 e. The number of carbonyl (C=O) groups is 3. The summed E-state index contributed by atoms with van der Waals surface area (Å²) in [6, 6.07) is 4.39. The van der Waals surface area contributed by atoms with Crippen LogP contribution in [0, 0.1) is 18.7 Å². The molecule has 1 aliphatic heterocycles. The highest BCUT2D eigenvalue weighted by molar-refractivity contribution is 6.00. The highest BCUT2D eigenvalue weighted by atomic mass is 19.1. The SMILES string of the molecule is Cc1cc(N2CC(C(=O)N(C)CCC(=O)O)CC2=O)ccc1F. The summed E-state index contributed by atoms with van der Waals surface area (Å²) in [5.41, 5.74) is 1.00. The van der Waals surface area contributed by atoms with Gasteiger partial charge in [0.25, 0.3) is 0 Å². The Labute approximate surface area is 133 Å². The van der Waals surface area contributed by atoms with Gasteiger partial charge in [0, 0.05) is 32.2 Å². The molecule has 1 saturated heterocycles. The molecule has 1 aromatic carbocycles. The molecule has 6 nitrogen and oxygen atoms in total. The number of aryl methyl sites for hydroxylation is 1. The van der Waals surface area contributed by atoms with E-state index in [0.29, 0.717) is 11.3 Å². The zero-order valence-electron chi connectivity index (χ0n) is 13.1. The summed E-state index contributed by atoms with van der Waals surface area (Å²) < 4.78 is 13.3. The first-order valence-electron chi connectivity index (χ1n) is 7.33. The summed E-state index contributed by atoms with van der Waals surface area (Å²) in [7, 11) is 1.53. The molecule has 2 rings (SSSR count). The van der Waals surface area contributed by atoms with Gasteiger partial charge in [-0.15, -0.1) is 0 Å². The number of nitrogens with zero attached hydrogens (tertiary/aromatic N) is 2. The molecule has 1 N–H and O–H groups in total. The topological polar surface area (TPSA) is 77.9 Å². The maximum absolute atomic E-state index is 13.3. The molecule has 0 bridgehead atoms. The fourth-order valence-electron chi connectivity index (χ4n) is 2.60. The lowest BCUT2D eigenvalue weighted by Gasteiger charge is -2.21. The molecule has 1 unspecified atom stereocenters. The summed E-state index contributed by atoms with van der Waals surface area (Å²) >= 11 is 0. The van der Waals surface area contributed by atoms with E-state index >= 15 is 0 Å². The van der Waals surface area contributed by atoms with Gasteiger partial charge in [0.1, 0.15) is 5.82 Å². The predicted molar refractivity (Wildman–Crippen MR) is 81.5 cm³/mol. The van der Waals surface area contributed by atoms with Gasteiger partial charge in [0.15, 0.2) is 0 Å². The van der Waals surface area contributed by atoms with E-state index in [-0.39, 0.29) is 43.6 Å².